The van der Waals surface area contributed by atoms with Crippen molar-refractivity contribution in [2.45, 2.75) is 6.92 Å². The second kappa shape index (κ2) is 5.58. The molecule has 0 saturated heterocycles. The number of benzene rings is 1. The van der Waals surface area contributed by atoms with Gasteiger partial charge in [0.2, 0.25) is 0 Å². The summed E-state index contributed by atoms with van der Waals surface area (Å²) in [6, 6.07) is 11.4. The molecule has 0 amide bonds. The van der Waals surface area contributed by atoms with Crippen molar-refractivity contribution < 1.29 is 0 Å². The van der Waals surface area contributed by atoms with Crippen LogP contribution in [0, 0.1) is 18.3 Å². The van der Waals surface area contributed by atoms with Gasteiger partial charge in [-0.25, -0.2) is 0 Å². The lowest BCUT2D eigenvalue weighted by atomic mass is 10.0. The summed E-state index contributed by atoms with van der Waals surface area (Å²) in [5, 5.41) is 12.2. The van der Waals surface area contributed by atoms with Gasteiger partial charge in [-0.3, -0.25) is 0 Å². The van der Waals surface area contributed by atoms with E-state index in [2.05, 4.69) is 6.07 Å². The normalized spacial score (nSPS) is 11.9. The van der Waals surface area contributed by atoms with E-state index in [1.807, 2.05) is 36.6 Å². The molecule has 0 radical (unpaired) electrons. The Labute approximate surface area is 120 Å². The monoisotopic (exact) mass is 293 g/mol. The van der Waals surface area contributed by atoms with Gasteiger partial charge in [-0.05, 0) is 41.6 Å². The van der Waals surface area contributed by atoms with Gasteiger partial charge >= 0.3 is 0 Å². The van der Waals surface area contributed by atoms with Gasteiger partial charge in [0.25, 0.3) is 0 Å². The third-order valence-electron chi connectivity index (χ3n) is 2.53. The first-order valence-electron chi connectivity index (χ1n) is 5.23. The molecule has 0 aliphatic heterocycles. The number of rotatable bonds is 2. The first-order chi connectivity index (χ1) is 8.63. The van der Waals surface area contributed by atoms with Gasteiger partial charge in [-0.1, -0.05) is 35.3 Å². The second-order valence-electron chi connectivity index (χ2n) is 3.74. The second-order valence-corrected chi connectivity index (χ2v) is 5.50. The van der Waals surface area contributed by atoms with Crippen molar-refractivity contribution in [3.8, 4) is 6.07 Å². The molecule has 18 heavy (non-hydrogen) atoms. The zero-order chi connectivity index (χ0) is 13.1. The molecule has 0 atom stereocenters. The van der Waals surface area contributed by atoms with Crippen LogP contribution >= 0.6 is 34.5 Å². The summed E-state index contributed by atoms with van der Waals surface area (Å²) in [7, 11) is 0. The lowest BCUT2D eigenvalue weighted by Crippen LogP contribution is -1.87. The third kappa shape index (κ3) is 2.59. The fourth-order valence-corrected chi connectivity index (χ4v) is 2.90. The minimum absolute atomic E-state index is 0.444. The number of aryl methyl sites for hydroxylation is 1. The van der Waals surface area contributed by atoms with Crippen LogP contribution in [-0.4, -0.2) is 0 Å². The van der Waals surface area contributed by atoms with E-state index in [4.69, 9.17) is 23.2 Å². The molecule has 0 aliphatic carbocycles. The molecule has 1 aromatic carbocycles. The van der Waals surface area contributed by atoms with Gasteiger partial charge in [0.05, 0.1) is 10.6 Å². The molecule has 2 rings (SSSR count). The van der Waals surface area contributed by atoms with Crippen LogP contribution in [0.4, 0.5) is 0 Å². The number of halogens is 2. The van der Waals surface area contributed by atoms with Gasteiger partial charge in [0.15, 0.2) is 0 Å². The van der Waals surface area contributed by atoms with E-state index in [0.717, 1.165) is 16.0 Å². The Bertz CT molecular complexity index is 636. The highest BCUT2D eigenvalue weighted by molar-refractivity contribution is 7.11. The molecule has 0 aliphatic rings. The van der Waals surface area contributed by atoms with E-state index >= 15 is 0 Å². The number of hydrogen-bond acceptors (Lipinski definition) is 2. The maximum Gasteiger partial charge on any atom is 0.102 e. The molecule has 1 nitrogen and oxygen atoms in total. The number of allylic oxidation sites excluding steroid dienone is 1. The van der Waals surface area contributed by atoms with Gasteiger partial charge < -0.3 is 0 Å². The minimum atomic E-state index is 0.444. The number of hydrogen-bond donors (Lipinski definition) is 0. The summed E-state index contributed by atoms with van der Waals surface area (Å²) in [5.41, 5.74) is 2.28. The van der Waals surface area contributed by atoms with Crippen LogP contribution < -0.4 is 0 Å². The van der Waals surface area contributed by atoms with Crippen LogP contribution in [0.15, 0.2) is 35.7 Å². The van der Waals surface area contributed by atoms with Crippen LogP contribution in [0.2, 0.25) is 5.02 Å². The molecule has 0 unspecified atom stereocenters. The Morgan fingerprint density at radius 1 is 1.33 bits per heavy atom. The molecule has 0 N–H and O–H groups in total. The third-order valence-corrected chi connectivity index (χ3v) is 4.05. The average Bonchev–Trinajstić information content (AvgIpc) is 2.87. The maximum atomic E-state index is 9.27. The van der Waals surface area contributed by atoms with Crippen molar-refractivity contribution in [2.24, 2.45) is 0 Å². The number of nitriles is 1. The zero-order valence-electron chi connectivity index (χ0n) is 9.58. The van der Waals surface area contributed by atoms with E-state index in [1.165, 1.54) is 11.3 Å². The molecule has 1 heterocycles. The van der Waals surface area contributed by atoms with Gasteiger partial charge in [0, 0.05) is 9.90 Å². The van der Waals surface area contributed by atoms with Crippen molar-refractivity contribution in [3.63, 3.8) is 0 Å². The Balaban J connectivity index is 2.62. The highest BCUT2D eigenvalue weighted by Gasteiger charge is 2.12. The van der Waals surface area contributed by atoms with Crippen molar-refractivity contribution in [1.82, 2.24) is 0 Å². The largest absolute Gasteiger partial charge is 0.192 e. The van der Waals surface area contributed by atoms with Gasteiger partial charge in [-0.15, -0.1) is 11.3 Å². The molecular formula is C14H9Cl2NS. The first-order valence-corrected chi connectivity index (χ1v) is 6.87. The lowest BCUT2D eigenvalue weighted by molar-refractivity contribution is 1.44. The fourth-order valence-electron chi connectivity index (χ4n) is 1.60. The van der Waals surface area contributed by atoms with Crippen molar-refractivity contribution in [3.05, 3.63) is 56.7 Å². The predicted molar refractivity (Wildman–Crippen MR) is 78.8 cm³/mol. The Hall–Kier alpha value is -1.27. The van der Waals surface area contributed by atoms with Crippen LogP contribution in [0.5, 0.6) is 0 Å². The highest BCUT2D eigenvalue weighted by Crippen LogP contribution is 2.34. The summed E-state index contributed by atoms with van der Waals surface area (Å²) in [4.78, 5) is 0.863. The van der Waals surface area contributed by atoms with E-state index < -0.39 is 0 Å². The number of nitrogens with zero attached hydrogens (tertiary/aromatic N) is 1. The van der Waals surface area contributed by atoms with Crippen LogP contribution in [-0.2, 0) is 0 Å². The molecule has 0 spiro atoms. The van der Waals surface area contributed by atoms with Crippen molar-refractivity contribution in [2.75, 3.05) is 0 Å². The predicted octanol–water partition coefficient (Wildman–Crippen LogP) is 5.34. The van der Waals surface area contributed by atoms with Gasteiger partial charge in [0.1, 0.15) is 6.07 Å². The Kier molecular flexibility index (Phi) is 4.08. The highest BCUT2D eigenvalue weighted by atomic mass is 35.5. The van der Waals surface area contributed by atoms with Crippen LogP contribution in [0.25, 0.3) is 10.6 Å². The molecular weight excluding hydrogens is 285 g/mol. The SMILES string of the molecule is Cc1ccc(Cl)cc1/C(Cl)=C(/C#N)c1cccs1. The van der Waals surface area contributed by atoms with E-state index in [9.17, 15) is 5.26 Å². The van der Waals surface area contributed by atoms with Gasteiger partial charge in [-0.2, -0.15) is 5.26 Å². The molecule has 2 aromatic rings. The Morgan fingerprint density at radius 3 is 2.72 bits per heavy atom. The average molecular weight is 294 g/mol. The van der Waals surface area contributed by atoms with E-state index in [1.54, 1.807) is 6.07 Å². The lowest BCUT2D eigenvalue weighted by Gasteiger charge is -2.07. The molecule has 1 aromatic heterocycles. The topological polar surface area (TPSA) is 23.8 Å². The summed E-state index contributed by atoms with van der Waals surface area (Å²) in [6.07, 6.45) is 0. The molecule has 4 heteroatoms. The summed E-state index contributed by atoms with van der Waals surface area (Å²) < 4.78 is 0. The van der Waals surface area contributed by atoms with Crippen molar-refractivity contribution in [1.29, 1.82) is 5.26 Å². The molecule has 0 fully saturated rings. The van der Waals surface area contributed by atoms with Crippen LogP contribution in [0.3, 0.4) is 0 Å². The maximum absolute atomic E-state index is 9.27. The summed E-state index contributed by atoms with van der Waals surface area (Å²) in [6.45, 7) is 1.94. The van der Waals surface area contributed by atoms with E-state index in [0.29, 0.717) is 15.6 Å². The Morgan fingerprint density at radius 2 is 2.11 bits per heavy atom. The molecule has 90 valence electrons. The van der Waals surface area contributed by atoms with Crippen LogP contribution in [0.1, 0.15) is 16.0 Å². The first kappa shape index (κ1) is 13.2. The summed E-state index contributed by atoms with van der Waals surface area (Å²) in [5.74, 6) is 0. The number of thiophene rings is 1. The summed E-state index contributed by atoms with van der Waals surface area (Å²) >= 11 is 13.8. The fraction of sp³-hybridized carbons (Fsp3) is 0.0714. The van der Waals surface area contributed by atoms with E-state index in [-0.39, 0.29) is 0 Å². The standard InChI is InChI=1S/C14H9Cl2NS/c1-9-4-5-10(15)7-11(9)14(16)12(8-17)13-3-2-6-18-13/h2-7H,1H3/b14-12+. The zero-order valence-corrected chi connectivity index (χ0v) is 11.9. The minimum Gasteiger partial charge on any atom is -0.192 e. The van der Waals surface area contributed by atoms with Crippen molar-refractivity contribution >= 4 is 45.1 Å². The quantitative estimate of drug-likeness (QED) is 0.686. The smallest absolute Gasteiger partial charge is 0.102 e. The molecule has 0 bridgehead atoms. The molecule has 0 saturated carbocycles.